The highest BCUT2D eigenvalue weighted by molar-refractivity contribution is 9.09. The van der Waals surface area contributed by atoms with Gasteiger partial charge in [0.25, 0.3) is 0 Å². The fraction of sp³-hybridized carbons (Fsp3) is 0.625. The van der Waals surface area contributed by atoms with Crippen molar-refractivity contribution in [3.63, 3.8) is 0 Å². The summed E-state index contributed by atoms with van der Waals surface area (Å²) in [6, 6.07) is 10.5. The normalized spacial score (nSPS) is 22.3. The fourth-order valence-corrected chi connectivity index (χ4v) is 5.20. The zero-order chi connectivity index (χ0) is 19.7. The summed E-state index contributed by atoms with van der Waals surface area (Å²) in [4.78, 5) is 5.30. The molecule has 0 fully saturated rings. The first-order valence-corrected chi connectivity index (χ1v) is 11.7. The average Bonchev–Trinajstić information content (AvgIpc) is 2.96. The second kappa shape index (κ2) is 11.0. The molecule has 0 radical (unpaired) electrons. The lowest BCUT2D eigenvalue weighted by atomic mass is 9.80. The number of benzene rings is 1. The van der Waals surface area contributed by atoms with Crippen LogP contribution in [0.25, 0.3) is 0 Å². The highest BCUT2D eigenvalue weighted by Crippen LogP contribution is 2.47. The van der Waals surface area contributed by atoms with E-state index in [4.69, 9.17) is 9.73 Å². The molecule has 2 unspecified atom stereocenters. The molecule has 27 heavy (non-hydrogen) atoms. The summed E-state index contributed by atoms with van der Waals surface area (Å²) in [5.74, 6) is 0.901. The van der Waals surface area contributed by atoms with Crippen LogP contribution < -0.4 is 0 Å². The first-order chi connectivity index (χ1) is 13.1. The van der Waals surface area contributed by atoms with Crippen LogP contribution in [0.1, 0.15) is 84.6 Å². The molecule has 1 aromatic rings. The number of hydrogen-bond donors (Lipinski definition) is 0. The van der Waals surface area contributed by atoms with Gasteiger partial charge >= 0.3 is 0 Å². The lowest BCUT2D eigenvalue weighted by Crippen LogP contribution is -2.41. The molecule has 2 nitrogen and oxygen atoms in total. The van der Waals surface area contributed by atoms with E-state index in [0.29, 0.717) is 11.4 Å². The standard InChI is InChI=1S/C24H36BrNO/c1-5-12-20-21(13-6-2)24(17-8-4,22(25)14-7-3)27-23(20)26-18-19-15-10-9-11-16-19/h9-11,15-16,22H,5-8,12-14,17-18H2,1-4H3. The number of ether oxygens (including phenoxy) is 1. The Morgan fingerprint density at radius 2 is 1.67 bits per heavy atom. The summed E-state index contributed by atoms with van der Waals surface area (Å²) in [6.07, 6.45) is 8.88. The van der Waals surface area contributed by atoms with Crippen molar-refractivity contribution < 1.29 is 4.74 Å². The Morgan fingerprint density at radius 1 is 0.963 bits per heavy atom. The first-order valence-electron chi connectivity index (χ1n) is 10.8. The zero-order valence-corrected chi connectivity index (χ0v) is 19.1. The lowest BCUT2D eigenvalue weighted by Gasteiger charge is -2.36. The van der Waals surface area contributed by atoms with Gasteiger partial charge in [-0.1, -0.05) is 99.6 Å². The molecular weight excluding hydrogens is 398 g/mol. The van der Waals surface area contributed by atoms with Gasteiger partial charge in [-0.3, -0.25) is 0 Å². The van der Waals surface area contributed by atoms with Crippen LogP contribution in [0.5, 0.6) is 0 Å². The average molecular weight is 434 g/mol. The van der Waals surface area contributed by atoms with E-state index in [1.165, 1.54) is 16.7 Å². The largest absolute Gasteiger partial charge is 0.465 e. The van der Waals surface area contributed by atoms with Crippen molar-refractivity contribution in [2.45, 2.75) is 96.0 Å². The van der Waals surface area contributed by atoms with Crippen molar-refractivity contribution >= 4 is 21.8 Å². The maximum atomic E-state index is 6.78. The quantitative estimate of drug-likeness (QED) is 0.328. The van der Waals surface area contributed by atoms with E-state index in [1.807, 2.05) is 0 Å². The summed E-state index contributed by atoms with van der Waals surface area (Å²) in [6.45, 7) is 9.73. The molecule has 2 rings (SSSR count). The number of rotatable bonds is 11. The smallest absolute Gasteiger partial charge is 0.213 e. The van der Waals surface area contributed by atoms with E-state index in [2.05, 4.69) is 74.0 Å². The van der Waals surface area contributed by atoms with Crippen LogP contribution in [0.3, 0.4) is 0 Å². The van der Waals surface area contributed by atoms with Crippen molar-refractivity contribution in [2.75, 3.05) is 0 Å². The van der Waals surface area contributed by atoms with Gasteiger partial charge in [0.05, 0.1) is 11.4 Å². The van der Waals surface area contributed by atoms with Gasteiger partial charge in [-0.2, -0.15) is 0 Å². The van der Waals surface area contributed by atoms with E-state index in [0.717, 1.165) is 57.3 Å². The van der Waals surface area contributed by atoms with Crippen LogP contribution in [0.2, 0.25) is 0 Å². The Bertz CT molecular complexity index is 637. The minimum Gasteiger partial charge on any atom is -0.465 e. The van der Waals surface area contributed by atoms with Crippen molar-refractivity contribution in [1.29, 1.82) is 0 Å². The molecule has 1 aliphatic rings. The number of aliphatic imine (C=N–C) groups is 1. The van der Waals surface area contributed by atoms with Gasteiger partial charge in [-0.15, -0.1) is 0 Å². The summed E-state index contributed by atoms with van der Waals surface area (Å²) >= 11 is 4.02. The van der Waals surface area contributed by atoms with E-state index in [1.54, 1.807) is 0 Å². The minimum atomic E-state index is -0.221. The van der Waals surface area contributed by atoms with E-state index in [-0.39, 0.29) is 5.60 Å². The van der Waals surface area contributed by atoms with Gasteiger partial charge in [-0.25, -0.2) is 4.99 Å². The third kappa shape index (κ3) is 5.25. The van der Waals surface area contributed by atoms with Gasteiger partial charge < -0.3 is 4.74 Å². The number of hydrogen-bond acceptors (Lipinski definition) is 2. The second-order valence-electron chi connectivity index (χ2n) is 7.56. The fourth-order valence-electron chi connectivity index (χ4n) is 4.14. The predicted octanol–water partition coefficient (Wildman–Crippen LogP) is 7.61. The molecular formula is C24H36BrNO. The highest BCUT2D eigenvalue weighted by Gasteiger charge is 2.48. The maximum Gasteiger partial charge on any atom is 0.213 e. The molecule has 0 amide bonds. The van der Waals surface area contributed by atoms with Gasteiger partial charge in [0.15, 0.2) is 0 Å². The molecule has 1 aromatic carbocycles. The van der Waals surface area contributed by atoms with E-state index < -0.39 is 0 Å². The molecule has 0 saturated carbocycles. The molecule has 0 aromatic heterocycles. The van der Waals surface area contributed by atoms with Crippen molar-refractivity contribution in [1.82, 2.24) is 0 Å². The Morgan fingerprint density at radius 3 is 2.26 bits per heavy atom. The molecule has 0 bridgehead atoms. The summed E-state index contributed by atoms with van der Waals surface area (Å²) < 4.78 is 6.78. The first kappa shape index (κ1) is 22.2. The Labute approximate surface area is 174 Å². The van der Waals surface area contributed by atoms with Crippen molar-refractivity contribution in [3.05, 3.63) is 47.0 Å². The van der Waals surface area contributed by atoms with E-state index in [9.17, 15) is 0 Å². The minimum absolute atomic E-state index is 0.221. The monoisotopic (exact) mass is 433 g/mol. The van der Waals surface area contributed by atoms with Crippen LogP contribution in [0.4, 0.5) is 0 Å². The molecule has 150 valence electrons. The van der Waals surface area contributed by atoms with Gasteiger partial charge in [0.1, 0.15) is 5.60 Å². The van der Waals surface area contributed by atoms with Crippen molar-refractivity contribution in [2.24, 2.45) is 4.99 Å². The lowest BCUT2D eigenvalue weighted by molar-refractivity contribution is 0.0889. The molecule has 1 heterocycles. The summed E-state index contributed by atoms with van der Waals surface area (Å²) in [5, 5.41) is 0. The Kier molecular flexibility index (Phi) is 9.08. The van der Waals surface area contributed by atoms with Crippen LogP contribution in [-0.4, -0.2) is 16.3 Å². The molecule has 2 atom stereocenters. The molecule has 0 saturated heterocycles. The predicted molar refractivity (Wildman–Crippen MR) is 121 cm³/mol. The van der Waals surface area contributed by atoms with Crippen molar-refractivity contribution in [3.8, 4) is 0 Å². The summed E-state index contributed by atoms with van der Waals surface area (Å²) in [7, 11) is 0. The topological polar surface area (TPSA) is 21.6 Å². The van der Waals surface area contributed by atoms with Gasteiger partial charge in [0.2, 0.25) is 5.90 Å². The third-order valence-corrected chi connectivity index (χ3v) is 6.53. The summed E-state index contributed by atoms with van der Waals surface area (Å²) in [5.41, 5.74) is 3.90. The van der Waals surface area contributed by atoms with Crippen LogP contribution in [0.15, 0.2) is 46.5 Å². The Hall–Kier alpha value is -1.09. The van der Waals surface area contributed by atoms with Crippen LogP contribution in [-0.2, 0) is 11.3 Å². The van der Waals surface area contributed by atoms with Gasteiger partial charge in [0, 0.05) is 5.57 Å². The van der Waals surface area contributed by atoms with Crippen LogP contribution >= 0.6 is 15.9 Å². The SMILES string of the molecule is CCCC1=C(CCC)C(CCC)(C(Br)CCC)OC1=NCc1ccccc1. The number of nitrogens with zero attached hydrogens (tertiary/aromatic N) is 1. The molecule has 1 aliphatic heterocycles. The molecule has 3 heteroatoms. The number of halogens is 1. The molecule has 0 N–H and O–H groups in total. The van der Waals surface area contributed by atoms with Gasteiger partial charge in [-0.05, 0) is 36.8 Å². The number of alkyl halides is 1. The van der Waals surface area contributed by atoms with Crippen LogP contribution in [0, 0.1) is 0 Å². The second-order valence-corrected chi connectivity index (χ2v) is 8.67. The van der Waals surface area contributed by atoms with E-state index >= 15 is 0 Å². The highest BCUT2D eigenvalue weighted by atomic mass is 79.9. The third-order valence-electron chi connectivity index (χ3n) is 5.33. The Balaban J connectivity index is 2.45. The maximum absolute atomic E-state index is 6.78. The zero-order valence-electron chi connectivity index (χ0n) is 17.6. The molecule has 0 spiro atoms. The molecule has 0 aliphatic carbocycles.